The van der Waals surface area contributed by atoms with Crippen LogP contribution in [0.25, 0.3) is 0 Å². The van der Waals surface area contributed by atoms with Gasteiger partial charge < -0.3 is 5.32 Å². The van der Waals surface area contributed by atoms with Crippen molar-refractivity contribution in [1.29, 1.82) is 0 Å². The molecule has 2 aromatic rings. The minimum absolute atomic E-state index is 0.163. The first-order valence-electron chi connectivity index (χ1n) is 7.51. The van der Waals surface area contributed by atoms with Crippen molar-refractivity contribution in [3.63, 3.8) is 0 Å². The molecule has 0 saturated carbocycles. The minimum Gasteiger partial charge on any atom is -0.308 e. The van der Waals surface area contributed by atoms with E-state index in [-0.39, 0.29) is 11.9 Å². The Hall–Kier alpha value is -1.74. The maximum Gasteiger partial charge on any atom is 0.123 e. The van der Waals surface area contributed by atoms with Gasteiger partial charge in [-0.05, 0) is 62.1 Å². The quantitative estimate of drug-likeness (QED) is 0.864. The largest absolute Gasteiger partial charge is 0.308 e. The summed E-state index contributed by atoms with van der Waals surface area (Å²) >= 11 is 0. The Balaban J connectivity index is 2.22. The molecule has 2 nitrogen and oxygen atoms in total. The molecule has 1 N–H and O–H groups in total. The molecule has 2 rings (SSSR count). The average molecular weight is 286 g/mol. The number of hydrogen-bond acceptors (Lipinski definition) is 2. The summed E-state index contributed by atoms with van der Waals surface area (Å²) in [4.78, 5) is 4.61. The van der Waals surface area contributed by atoms with Gasteiger partial charge in [0, 0.05) is 6.20 Å². The first-order chi connectivity index (χ1) is 10.1. The molecule has 21 heavy (non-hydrogen) atoms. The maximum atomic E-state index is 13.0. The Morgan fingerprint density at radius 2 is 1.90 bits per heavy atom. The van der Waals surface area contributed by atoms with Crippen molar-refractivity contribution in [1.82, 2.24) is 10.3 Å². The summed E-state index contributed by atoms with van der Waals surface area (Å²) in [5, 5.41) is 3.55. The van der Waals surface area contributed by atoms with Crippen molar-refractivity contribution in [3.05, 3.63) is 64.7 Å². The fraction of sp³-hybridized carbons (Fsp3) is 0.389. The average Bonchev–Trinajstić information content (AvgIpc) is 2.46. The van der Waals surface area contributed by atoms with E-state index in [2.05, 4.69) is 37.1 Å². The molecule has 112 valence electrons. The van der Waals surface area contributed by atoms with Gasteiger partial charge in [-0.2, -0.15) is 0 Å². The highest BCUT2D eigenvalue weighted by atomic mass is 19.1. The Morgan fingerprint density at radius 1 is 1.19 bits per heavy atom. The number of pyridine rings is 1. The van der Waals surface area contributed by atoms with Crippen LogP contribution in [0.1, 0.15) is 41.8 Å². The Kier molecular flexibility index (Phi) is 5.45. The third-order valence-corrected chi connectivity index (χ3v) is 3.58. The van der Waals surface area contributed by atoms with E-state index in [1.165, 1.54) is 23.3 Å². The third-order valence-electron chi connectivity index (χ3n) is 3.58. The molecule has 1 aromatic carbocycles. The molecular weight excluding hydrogens is 263 g/mol. The molecule has 0 aliphatic rings. The predicted octanol–water partition coefficient (Wildman–Crippen LogP) is 4.12. The van der Waals surface area contributed by atoms with Crippen LogP contribution in [0.5, 0.6) is 0 Å². The first-order valence-corrected chi connectivity index (χ1v) is 7.51. The monoisotopic (exact) mass is 286 g/mol. The number of aromatic nitrogens is 1. The van der Waals surface area contributed by atoms with Gasteiger partial charge in [0.2, 0.25) is 0 Å². The highest BCUT2D eigenvalue weighted by Gasteiger charge is 2.15. The van der Waals surface area contributed by atoms with E-state index >= 15 is 0 Å². The highest BCUT2D eigenvalue weighted by molar-refractivity contribution is 5.28. The number of hydrogen-bond donors (Lipinski definition) is 1. The van der Waals surface area contributed by atoms with Crippen molar-refractivity contribution in [2.75, 3.05) is 6.54 Å². The van der Waals surface area contributed by atoms with Crippen LogP contribution in [0.15, 0.2) is 36.5 Å². The number of aryl methyl sites for hydroxylation is 2. The first kappa shape index (κ1) is 15.6. The molecule has 1 unspecified atom stereocenters. The number of nitrogens with zero attached hydrogens (tertiary/aromatic N) is 1. The fourth-order valence-corrected chi connectivity index (χ4v) is 2.53. The predicted molar refractivity (Wildman–Crippen MR) is 84.8 cm³/mol. The lowest BCUT2D eigenvalue weighted by Gasteiger charge is -2.20. The lowest BCUT2D eigenvalue weighted by atomic mass is 9.99. The normalized spacial score (nSPS) is 12.4. The minimum atomic E-state index is -0.193. The van der Waals surface area contributed by atoms with Crippen molar-refractivity contribution in [3.8, 4) is 0 Å². The van der Waals surface area contributed by atoms with Crippen LogP contribution in [-0.2, 0) is 6.42 Å². The summed E-state index contributed by atoms with van der Waals surface area (Å²) in [5.74, 6) is -0.193. The number of halogens is 1. The summed E-state index contributed by atoms with van der Waals surface area (Å²) in [6.45, 7) is 7.25. The third kappa shape index (κ3) is 4.36. The van der Waals surface area contributed by atoms with Gasteiger partial charge in [-0.1, -0.05) is 25.1 Å². The summed E-state index contributed by atoms with van der Waals surface area (Å²) in [5.41, 5.74) is 4.57. The molecule has 0 spiro atoms. The summed E-state index contributed by atoms with van der Waals surface area (Å²) in [7, 11) is 0. The molecule has 1 heterocycles. The van der Waals surface area contributed by atoms with Gasteiger partial charge >= 0.3 is 0 Å². The van der Waals surface area contributed by atoms with Crippen LogP contribution in [-0.4, -0.2) is 11.5 Å². The number of rotatable bonds is 6. The van der Waals surface area contributed by atoms with Crippen molar-refractivity contribution < 1.29 is 4.39 Å². The fourth-order valence-electron chi connectivity index (χ4n) is 2.53. The van der Waals surface area contributed by atoms with Gasteiger partial charge in [-0.25, -0.2) is 4.39 Å². The van der Waals surface area contributed by atoms with E-state index in [0.29, 0.717) is 0 Å². The van der Waals surface area contributed by atoms with E-state index in [4.69, 9.17) is 0 Å². The van der Waals surface area contributed by atoms with Gasteiger partial charge in [0.05, 0.1) is 11.7 Å². The van der Waals surface area contributed by atoms with Crippen molar-refractivity contribution in [2.45, 2.75) is 39.7 Å². The van der Waals surface area contributed by atoms with Crippen LogP contribution in [0.3, 0.4) is 0 Å². The molecule has 0 bridgehead atoms. The van der Waals surface area contributed by atoms with Gasteiger partial charge in [-0.3, -0.25) is 4.98 Å². The summed E-state index contributed by atoms with van der Waals surface area (Å²) < 4.78 is 13.0. The number of nitrogens with one attached hydrogen (secondary N) is 1. The van der Waals surface area contributed by atoms with Crippen molar-refractivity contribution >= 4 is 0 Å². The molecular formula is C18H23FN2. The second-order valence-corrected chi connectivity index (χ2v) is 5.55. The standard InChI is InChI=1S/C18H23FN2/c1-4-9-20-17(11-15-5-7-16(19)8-6-15)18-14(3)10-13(2)12-21-18/h5-8,10,12,17,20H,4,9,11H2,1-3H3. The summed E-state index contributed by atoms with van der Waals surface area (Å²) in [6.07, 6.45) is 3.80. The van der Waals surface area contributed by atoms with Gasteiger partial charge in [0.15, 0.2) is 0 Å². The van der Waals surface area contributed by atoms with Gasteiger partial charge in [0.25, 0.3) is 0 Å². The zero-order chi connectivity index (χ0) is 15.2. The van der Waals surface area contributed by atoms with Crippen LogP contribution < -0.4 is 5.32 Å². The van der Waals surface area contributed by atoms with E-state index in [9.17, 15) is 4.39 Å². The molecule has 1 atom stereocenters. The highest BCUT2D eigenvalue weighted by Crippen LogP contribution is 2.21. The second-order valence-electron chi connectivity index (χ2n) is 5.55. The van der Waals surface area contributed by atoms with E-state index in [1.807, 2.05) is 18.3 Å². The van der Waals surface area contributed by atoms with Crippen LogP contribution in [0.4, 0.5) is 4.39 Å². The zero-order valence-corrected chi connectivity index (χ0v) is 13.0. The van der Waals surface area contributed by atoms with Crippen LogP contribution >= 0.6 is 0 Å². The van der Waals surface area contributed by atoms with Gasteiger partial charge in [0.1, 0.15) is 5.82 Å². The SMILES string of the molecule is CCCNC(Cc1ccc(F)cc1)c1ncc(C)cc1C. The van der Waals surface area contributed by atoms with Crippen molar-refractivity contribution in [2.24, 2.45) is 0 Å². The molecule has 0 aliphatic heterocycles. The lowest BCUT2D eigenvalue weighted by molar-refractivity contribution is 0.514. The zero-order valence-electron chi connectivity index (χ0n) is 13.0. The second kappa shape index (κ2) is 7.32. The Labute approximate surface area is 126 Å². The Bertz CT molecular complexity index is 578. The van der Waals surface area contributed by atoms with Gasteiger partial charge in [-0.15, -0.1) is 0 Å². The molecule has 0 fully saturated rings. The van der Waals surface area contributed by atoms with Crippen LogP contribution in [0.2, 0.25) is 0 Å². The molecule has 0 radical (unpaired) electrons. The molecule has 0 amide bonds. The van der Waals surface area contributed by atoms with E-state index in [0.717, 1.165) is 30.6 Å². The topological polar surface area (TPSA) is 24.9 Å². The molecule has 1 aromatic heterocycles. The lowest BCUT2D eigenvalue weighted by Crippen LogP contribution is -2.25. The smallest absolute Gasteiger partial charge is 0.123 e. The maximum absolute atomic E-state index is 13.0. The molecule has 3 heteroatoms. The van der Waals surface area contributed by atoms with Crippen LogP contribution in [0, 0.1) is 19.7 Å². The molecule has 0 saturated heterocycles. The van der Waals surface area contributed by atoms with E-state index in [1.54, 1.807) is 0 Å². The van der Waals surface area contributed by atoms with E-state index < -0.39 is 0 Å². The Morgan fingerprint density at radius 3 is 2.52 bits per heavy atom. The number of benzene rings is 1. The molecule has 0 aliphatic carbocycles. The summed E-state index contributed by atoms with van der Waals surface area (Å²) in [6, 6.07) is 9.05.